The molecule has 4 aromatic rings. The predicted molar refractivity (Wildman–Crippen MR) is 97.7 cm³/mol. The number of fused-ring (bicyclic) bond motifs is 1. The van der Waals surface area contributed by atoms with Crippen LogP contribution in [-0.2, 0) is 0 Å². The van der Waals surface area contributed by atoms with E-state index < -0.39 is 11.3 Å². The number of rotatable bonds is 2. The first-order valence-corrected chi connectivity index (χ1v) is 8.17. The van der Waals surface area contributed by atoms with E-state index in [1.54, 1.807) is 36.4 Å². The molecule has 0 spiro atoms. The zero-order valence-corrected chi connectivity index (χ0v) is 14.3. The van der Waals surface area contributed by atoms with Gasteiger partial charge < -0.3 is 19.5 Å². The van der Waals surface area contributed by atoms with Gasteiger partial charge in [0, 0.05) is 10.0 Å². The number of halogens is 1. The summed E-state index contributed by atoms with van der Waals surface area (Å²) in [5.41, 5.74) is 0.236. The molecule has 0 atom stereocenters. The summed E-state index contributed by atoms with van der Waals surface area (Å²) >= 11 is 3.35. The standard InChI is InChI=1S/C18H11BrN2O4/c19-10-7-5-9(6-8-10)14-15(21-18(24)20-14)13-16(22)11-3-1-2-4-12(11)25-17(13)23/h1-8,22H,(H2,20,21,24). The van der Waals surface area contributed by atoms with Gasteiger partial charge in [-0.1, -0.05) is 40.2 Å². The molecule has 124 valence electrons. The molecule has 0 aliphatic carbocycles. The Labute approximate surface area is 148 Å². The molecule has 2 heterocycles. The average molecular weight is 399 g/mol. The van der Waals surface area contributed by atoms with Crippen LogP contribution >= 0.6 is 15.9 Å². The van der Waals surface area contributed by atoms with Gasteiger partial charge in [0.15, 0.2) is 0 Å². The Morgan fingerprint density at radius 2 is 1.60 bits per heavy atom. The Hall–Kier alpha value is -3.06. The summed E-state index contributed by atoms with van der Waals surface area (Å²) in [5, 5.41) is 11.0. The van der Waals surface area contributed by atoms with Gasteiger partial charge in [0.05, 0.1) is 16.8 Å². The minimum Gasteiger partial charge on any atom is -0.506 e. The van der Waals surface area contributed by atoms with Gasteiger partial charge in [0.1, 0.15) is 16.9 Å². The Morgan fingerprint density at radius 3 is 2.36 bits per heavy atom. The number of nitrogens with one attached hydrogen (secondary N) is 2. The summed E-state index contributed by atoms with van der Waals surface area (Å²) < 4.78 is 6.17. The largest absolute Gasteiger partial charge is 0.506 e. The van der Waals surface area contributed by atoms with Gasteiger partial charge in [-0.15, -0.1) is 0 Å². The smallest absolute Gasteiger partial charge is 0.349 e. The second-order valence-electron chi connectivity index (χ2n) is 5.45. The van der Waals surface area contributed by atoms with Crippen molar-refractivity contribution in [2.24, 2.45) is 0 Å². The lowest BCUT2D eigenvalue weighted by Crippen LogP contribution is -2.06. The molecular weight excluding hydrogens is 388 g/mol. The Bertz CT molecular complexity index is 1200. The van der Waals surface area contributed by atoms with Gasteiger partial charge in [-0.05, 0) is 24.3 Å². The molecule has 7 heteroatoms. The molecule has 3 N–H and O–H groups in total. The van der Waals surface area contributed by atoms with Crippen molar-refractivity contribution >= 4 is 26.9 Å². The summed E-state index contributed by atoms with van der Waals surface area (Å²) in [7, 11) is 0. The molecule has 25 heavy (non-hydrogen) atoms. The molecule has 0 amide bonds. The van der Waals surface area contributed by atoms with E-state index in [4.69, 9.17) is 4.42 Å². The topological polar surface area (TPSA) is 99.1 Å². The maximum Gasteiger partial charge on any atom is 0.349 e. The van der Waals surface area contributed by atoms with Crippen molar-refractivity contribution in [3.63, 3.8) is 0 Å². The van der Waals surface area contributed by atoms with Crippen molar-refractivity contribution in [2.45, 2.75) is 0 Å². The van der Waals surface area contributed by atoms with Crippen LogP contribution in [0.25, 0.3) is 33.5 Å². The molecule has 0 aliphatic heterocycles. The fourth-order valence-corrected chi connectivity index (χ4v) is 3.02. The number of aromatic nitrogens is 2. The van der Waals surface area contributed by atoms with Gasteiger partial charge in [-0.2, -0.15) is 0 Å². The van der Waals surface area contributed by atoms with Crippen LogP contribution in [0.1, 0.15) is 0 Å². The van der Waals surface area contributed by atoms with Crippen LogP contribution in [0.15, 0.2) is 67.0 Å². The fourth-order valence-electron chi connectivity index (χ4n) is 2.76. The molecule has 0 unspecified atom stereocenters. The van der Waals surface area contributed by atoms with Gasteiger partial charge in [-0.3, -0.25) is 0 Å². The number of aromatic hydroxyl groups is 1. The van der Waals surface area contributed by atoms with Gasteiger partial charge >= 0.3 is 11.3 Å². The van der Waals surface area contributed by atoms with Crippen molar-refractivity contribution in [2.75, 3.05) is 0 Å². The molecule has 0 saturated carbocycles. The van der Waals surface area contributed by atoms with Crippen molar-refractivity contribution in [1.82, 2.24) is 9.97 Å². The van der Waals surface area contributed by atoms with E-state index in [9.17, 15) is 14.7 Å². The number of imidazole rings is 1. The third kappa shape index (κ3) is 2.58. The number of hydrogen-bond donors (Lipinski definition) is 3. The molecule has 2 aromatic carbocycles. The first kappa shape index (κ1) is 15.5. The minimum absolute atomic E-state index is 0.0880. The predicted octanol–water partition coefficient (Wildman–Crippen LogP) is 3.61. The molecule has 0 saturated heterocycles. The summed E-state index contributed by atoms with van der Waals surface area (Å²) in [5.74, 6) is -0.236. The monoisotopic (exact) mass is 398 g/mol. The Morgan fingerprint density at radius 1 is 0.920 bits per heavy atom. The second kappa shape index (κ2) is 5.78. The van der Waals surface area contributed by atoms with Gasteiger partial charge in [0.25, 0.3) is 0 Å². The highest BCUT2D eigenvalue weighted by atomic mass is 79.9. The minimum atomic E-state index is -0.732. The highest BCUT2D eigenvalue weighted by molar-refractivity contribution is 9.10. The molecule has 6 nitrogen and oxygen atoms in total. The maximum atomic E-state index is 12.4. The highest BCUT2D eigenvalue weighted by Gasteiger charge is 2.21. The van der Waals surface area contributed by atoms with E-state index in [1.807, 2.05) is 12.1 Å². The first-order valence-electron chi connectivity index (χ1n) is 7.38. The van der Waals surface area contributed by atoms with Crippen LogP contribution in [0, 0.1) is 0 Å². The fraction of sp³-hybridized carbons (Fsp3) is 0. The number of benzene rings is 2. The van der Waals surface area contributed by atoms with Crippen LogP contribution in [0.2, 0.25) is 0 Å². The number of para-hydroxylation sites is 1. The molecular formula is C18H11BrN2O4. The van der Waals surface area contributed by atoms with Crippen molar-refractivity contribution in [1.29, 1.82) is 0 Å². The Kier molecular flexibility index (Phi) is 3.58. The quantitative estimate of drug-likeness (QED) is 0.449. The molecule has 4 rings (SSSR count). The van der Waals surface area contributed by atoms with Crippen LogP contribution in [0.4, 0.5) is 0 Å². The van der Waals surface area contributed by atoms with Crippen LogP contribution in [-0.4, -0.2) is 15.1 Å². The molecule has 2 aromatic heterocycles. The summed E-state index contributed by atoms with van der Waals surface area (Å²) in [6.07, 6.45) is 0. The third-order valence-corrected chi connectivity index (χ3v) is 4.42. The van der Waals surface area contributed by atoms with Crippen molar-refractivity contribution in [3.05, 3.63) is 73.9 Å². The van der Waals surface area contributed by atoms with E-state index in [2.05, 4.69) is 25.9 Å². The maximum absolute atomic E-state index is 12.4. The van der Waals surface area contributed by atoms with E-state index in [0.29, 0.717) is 16.6 Å². The zero-order chi connectivity index (χ0) is 17.6. The lowest BCUT2D eigenvalue weighted by molar-refractivity contribution is 0.471. The van der Waals surface area contributed by atoms with E-state index in [1.165, 1.54) is 0 Å². The van der Waals surface area contributed by atoms with Crippen LogP contribution < -0.4 is 11.3 Å². The number of aromatic amines is 2. The molecule has 0 aliphatic rings. The summed E-state index contributed by atoms with van der Waals surface area (Å²) in [6.45, 7) is 0. The highest BCUT2D eigenvalue weighted by Crippen LogP contribution is 2.35. The molecule has 0 fully saturated rings. The van der Waals surface area contributed by atoms with Crippen LogP contribution in [0.5, 0.6) is 5.75 Å². The number of H-pyrrole nitrogens is 2. The normalized spacial score (nSPS) is 11.1. The van der Waals surface area contributed by atoms with Gasteiger partial charge in [0.2, 0.25) is 0 Å². The zero-order valence-electron chi connectivity index (χ0n) is 12.7. The summed E-state index contributed by atoms with van der Waals surface area (Å²) in [6, 6.07) is 13.9. The van der Waals surface area contributed by atoms with Crippen LogP contribution in [0.3, 0.4) is 0 Å². The third-order valence-electron chi connectivity index (χ3n) is 3.90. The Balaban J connectivity index is 2.04. The molecule has 0 radical (unpaired) electrons. The number of hydrogen-bond acceptors (Lipinski definition) is 4. The average Bonchev–Trinajstić information content (AvgIpc) is 2.97. The lowest BCUT2D eigenvalue weighted by Gasteiger charge is -2.07. The molecule has 0 bridgehead atoms. The van der Waals surface area contributed by atoms with Gasteiger partial charge in [-0.25, -0.2) is 9.59 Å². The van der Waals surface area contributed by atoms with Crippen molar-refractivity contribution in [3.8, 4) is 28.3 Å². The SMILES string of the molecule is O=c1[nH]c(-c2ccc(Br)cc2)c(-c2c(O)c3ccccc3oc2=O)[nH]1. The summed E-state index contributed by atoms with van der Waals surface area (Å²) in [4.78, 5) is 29.5. The first-order chi connectivity index (χ1) is 12.0. The van der Waals surface area contributed by atoms with E-state index >= 15 is 0 Å². The van der Waals surface area contributed by atoms with E-state index in [0.717, 1.165) is 4.47 Å². The van der Waals surface area contributed by atoms with Crippen molar-refractivity contribution < 1.29 is 9.52 Å². The van der Waals surface area contributed by atoms with E-state index in [-0.39, 0.29) is 22.6 Å². The second-order valence-corrected chi connectivity index (χ2v) is 6.36. The lowest BCUT2D eigenvalue weighted by atomic mass is 10.0.